The van der Waals surface area contributed by atoms with Gasteiger partial charge in [-0.15, -0.1) is 0 Å². The van der Waals surface area contributed by atoms with Gasteiger partial charge in [0, 0.05) is 25.4 Å². The number of hydrogen-bond donors (Lipinski definition) is 1. The van der Waals surface area contributed by atoms with Crippen LogP contribution >= 0.6 is 0 Å². The summed E-state index contributed by atoms with van der Waals surface area (Å²) in [7, 11) is 0. The predicted molar refractivity (Wildman–Crippen MR) is 95.6 cm³/mol. The van der Waals surface area contributed by atoms with Gasteiger partial charge in [0.2, 0.25) is 0 Å². The molecule has 1 saturated carbocycles. The average molecular weight is 328 g/mol. The Labute approximate surface area is 144 Å². The summed E-state index contributed by atoms with van der Waals surface area (Å²) in [5, 5.41) is 8.95. The molecule has 1 saturated heterocycles. The van der Waals surface area contributed by atoms with Gasteiger partial charge < -0.3 is 5.11 Å². The van der Waals surface area contributed by atoms with Crippen LogP contribution in [0.3, 0.4) is 0 Å². The number of aliphatic carboxylic acids is 1. The van der Waals surface area contributed by atoms with Crippen molar-refractivity contribution >= 4 is 12.0 Å². The van der Waals surface area contributed by atoms with E-state index in [0.29, 0.717) is 17.8 Å². The maximum atomic E-state index is 10.9. The van der Waals surface area contributed by atoms with Gasteiger partial charge in [-0.25, -0.2) is 0 Å². The molecule has 4 nitrogen and oxygen atoms in total. The summed E-state index contributed by atoms with van der Waals surface area (Å²) in [6.45, 7) is 3.36. The largest absolute Gasteiger partial charge is 0.481 e. The quantitative estimate of drug-likeness (QED) is 0.892. The molecule has 1 N–H and O–H groups in total. The van der Waals surface area contributed by atoms with Gasteiger partial charge in [-0.1, -0.05) is 12.2 Å². The van der Waals surface area contributed by atoms with E-state index in [4.69, 9.17) is 5.11 Å². The molecule has 0 bridgehead atoms. The Bertz CT molecular complexity index is 552. The van der Waals surface area contributed by atoms with Crippen molar-refractivity contribution in [1.82, 2.24) is 9.88 Å². The van der Waals surface area contributed by atoms with Crippen LogP contribution < -0.4 is 0 Å². The molecule has 4 heteroatoms. The number of hydrogen-bond acceptors (Lipinski definition) is 3. The van der Waals surface area contributed by atoms with Crippen LogP contribution in [0.2, 0.25) is 0 Å². The number of pyridine rings is 1. The predicted octanol–water partition coefficient (Wildman–Crippen LogP) is 3.84. The maximum Gasteiger partial charge on any atom is 0.303 e. The van der Waals surface area contributed by atoms with Crippen molar-refractivity contribution < 1.29 is 9.90 Å². The average Bonchev–Trinajstić information content (AvgIpc) is 2.60. The van der Waals surface area contributed by atoms with Crippen LogP contribution in [0, 0.1) is 11.3 Å². The number of aromatic nitrogens is 1. The smallest absolute Gasteiger partial charge is 0.303 e. The fourth-order valence-electron chi connectivity index (χ4n) is 4.26. The minimum absolute atomic E-state index is 0.363. The van der Waals surface area contributed by atoms with E-state index in [1.165, 1.54) is 44.3 Å². The Hall–Kier alpha value is -1.68. The zero-order valence-corrected chi connectivity index (χ0v) is 14.4. The molecule has 0 aromatic carbocycles. The van der Waals surface area contributed by atoms with Crippen LogP contribution in [0.5, 0.6) is 0 Å². The number of likely N-dealkylation sites (tertiary alicyclic amines) is 1. The van der Waals surface area contributed by atoms with Gasteiger partial charge in [0.1, 0.15) is 0 Å². The fraction of sp³-hybridized carbons (Fsp3) is 0.600. The monoisotopic (exact) mass is 328 g/mol. The molecule has 0 radical (unpaired) electrons. The second-order valence-corrected chi connectivity index (χ2v) is 7.52. The van der Waals surface area contributed by atoms with E-state index >= 15 is 0 Å². The van der Waals surface area contributed by atoms with E-state index < -0.39 is 5.97 Å². The van der Waals surface area contributed by atoms with Crippen LogP contribution in [0.25, 0.3) is 6.08 Å². The molecule has 1 aliphatic heterocycles. The van der Waals surface area contributed by atoms with Crippen molar-refractivity contribution in [3.05, 3.63) is 36.2 Å². The van der Waals surface area contributed by atoms with Crippen LogP contribution in [0.1, 0.15) is 50.5 Å². The Morgan fingerprint density at radius 1 is 1.21 bits per heavy atom. The first-order valence-corrected chi connectivity index (χ1v) is 9.16. The molecule has 0 amide bonds. The van der Waals surface area contributed by atoms with E-state index in [2.05, 4.69) is 22.0 Å². The first-order valence-electron chi connectivity index (χ1n) is 9.16. The summed E-state index contributed by atoms with van der Waals surface area (Å²) in [6.07, 6.45) is 15.6. The third-order valence-corrected chi connectivity index (χ3v) is 5.93. The molecule has 0 unspecified atom stereocenters. The first-order chi connectivity index (χ1) is 11.7. The summed E-state index contributed by atoms with van der Waals surface area (Å²) in [5.41, 5.74) is 1.70. The van der Waals surface area contributed by atoms with E-state index in [-0.39, 0.29) is 0 Å². The summed E-state index contributed by atoms with van der Waals surface area (Å²) >= 11 is 0. The van der Waals surface area contributed by atoms with Gasteiger partial charge in [-0.2, -0.15) is 0 Å². The summed E-state index contributed by atoms with van der Waals surface area (Å²) in [6, 6.07) is 4.05. The fourth-order valence-corrected chi connectivity index (χ4v) is 4.26. The van der Waals surface area contributed by atoms with E-state index in [1.807, 2.05) is 24.5 Å². The van der Waals surface area contributed by atoms with Gasteiger partial charge in [0.05, 0.1) is 0 Å². The van der Waals surface area contributed by atoms with E-state index in [0.717, 1.165) is 19.4 Å². The minimum Gasteiger partial charge on any atom is -0.481 e. The van der Waals surface area contributed by atoms with Crippen LogP contribution in [-0.4, -0.2) is 40.6 Å². The van der Waals surface area contributed by atoms with Crippen LogP contribution in [0.15, 0.2) is 30.6 Å². The second kappa shape index (κ2) is 7.93. The van der Waals surface area contributed by atoms with Gasteiger partial charge in [-0.05, 0) is 80.6 Å². The molecule has 0 atom stereocenters. The standard InChI is InChI=1S/C20H28N2O2/c23-19(24)16-18-3-7-20(8-4-18)9-14-22(15-10-20)13-1-2-17-5-11-21-12-6-17/h1-2,5-6,11-12,18H,3-4,7-10,13-16H2,(H,23,24)/b2-1+. The van der Waals surface area contributed by atoms with Crippen molar-refractivity contribution in [3.8, 4) is 0 Å². The molecular weight excluding hydrogens is 300 g/mol. The third-order valence-electron chi connectivity index (χ3n) is 5.93. The Morgan fingerprint density at radius 3 is 2.50 bits per heavy atom. The highest BCUT2D eigenvalue weighted by atomic mass is 16.4. The molecule has 2 fully saturated rings. The molecule has 1 aromatic heterocycles. The van der Waals surface area contributed by atoms with E-state index in [9.17, 15) is 4.79 Å². The molecule has 2 heterocycles. The zero-order valence-electron chi connectivity index (χ0n) is 14.4. The first kappa shape index (κ1) is 17.2. The van der Waals surface area contributed by atoms with E-state index in [1.54, 1.807) is 0 Å². The zero-order chi connectivity index (χ0) is 16.8. The number of carboxylic acid groups (broad SMARTS) is 1. The Morgan fingerprint density at radius 2 is 1.88 bits per heavy atom. The lowest BCUT2D eigenvalue weighted by Gasteiger charge is -2.45. The van der Waals surface area contributed by atoms with Crippen molar-refractivity contribution in [3.63, 3.8) is 0 Å². The van der Waals surface area contributed by atoms with Gasteiger partial charge in [0.25, 0.3) is 0 Å². The molecule has 1 aromatic rings. The number of nitrogens with zero attached hydrogens (tertiary/aromatic N) is 2. The molecule has 3 rings (SSSR count). The van der Waals surface area contributed by atoms with Crippen molar-refractivity contribution in [2.24, 2.45) is 11.3 Å². The molecule has 1 spiro atoms. The van der Waals surface area contributed by atoms with Gasteiger partial charge in [0.15, 0.2) is 0 Å². The highest BCUT2D eigenvalue weighted by Crippen LogP contribution is 2.46. The van der Waals surface area contributed by atoms with Gasteiger partial charge >= 0.3 is 5.97 Å². The SMILES string of the molecule is O=C(O)CC1CCC2(CC1)CCN(C/C=C/c1ccncc1)CC2. The second-order valence-electron chi connectivity index (χ2n) is 7.52. The lowest BCUT2D eigenvalue weighted by Crippen LogP contribution is -2.42. The molecular formula is C20H28N2O2. The summed E-state index contributed by atoms with van der Waals surface area (Å²) in [4.78, 5) is 17.4. The molecule has 1 aliphatic carbocycles. The number of carbonyl (C=O) groups is 1. The van der Waals surface area contributed by atoms with Gasteiger partial charge in [-0.3, -0.25) is 14.7 Å². The number of piperidine rings is 1. The molecule has 2 aliphatic rings. The van der Waals surface area contributed by atoms with Crippen molar-refractivity contribution in [2.45, 2.75) is 44.9 Å². The summed E-state index contributed by atoms with van der Waals surface area (Å²) in [5.74, 6) is -0.221. The Kier molecular flexibility index (Phi) is 5.67. The highest BCUT2D eigenvalue weighted by molar-refractivity contribution is 5.67. The lowest BCUT2D eigenvalue weighted by molar-refractivity contribution is -0.138. The topological polar surface area (TPSA) is 53.4 Å². The van der Waals surface area contributed by atoms with Crippen LogP contribution in [0.4, 0.5) is 0 Å². The number of rotatable bonds is 5. The van der Waals surface area contributed by atoms with Crippen molar-refractivity contribution in [1.29, 1.82) is 0 Å². The lowest BCUT2D eigenvalue weighted by atomic mass is 9.65. The molecule has 24 heavy (non-hydrogen) atoms. The Balaban J connectivity index is 1.41. The highest BCUT2D eigenvalue weighted by Gasteiger charge is 2.38. The molecule has 130 valence electrons. The van der Waals surface area contributed by atoms with Crippen molar-refractivity contribution in [2.75, 3.05) is 19.6 Å². The maximum absolute atomic E-state index is 10.9. The van der Waals surface area contributed by atoms with Crippen LogP contribution in [-0.2, 0) is 4.79 Å². The minimum atomic E-state index is -0.633. The third kappa shape index (κ3) is 4.67. The normalized spacial score (nSPS) is 22.2. The number of carboxylic acids is 1. The summed E-state index contributed by atoms with van der Waals surface area (Å²) < 4.78 is 0.